The summed E-state index contributed by atoms with van der Waals surface area (Å²) in [6, 6.07) is 41.1. The molecule has 56 heavy (non-hydrogen) atoms. The predicted octanol–water partition coefficient (Wildman–Crippen LogP) is 13.1. The van der Waals surface area contributed by atoms with Crippen molar-refractivity contribution in [2.75, 3.05) is 0 Å². The van der Waals surface area contributed by atoms with Crippen LogP contribution in [0.2, 0.25) is 0 Å². The van der Waals surface area contributed by atoms with Gasteiger partial charge in [-0.25, -0.2) is 15.0 Å². The number of pyridine rings is 1. The number of thiophene rings is 1. The highest BCUT2D eigenvalue weighted by molar-refractivity contribution is 7.26. The van der Waals surface area contributed by atoms with Crippen LogP contribution in [0.5, 0.6) is 0 Å². The molecule has 4 aromatic heterocycles. The summed E-state index contributed by atoms with van der Waals surface area (Å²) in [6.45, 7) is 0. The SMILES string of the molecule is [2H]c1cc([2H])c2c(c1[2H])c1c([2H])c([2H])c([2H])c([2H])c1n2-c1ccccc1-c1nc(-c2ccc(-c3cccnc3)cc2)nc(-c2cccc(-c3cccc4c3sc3ccccc34)c2)n1. The molecular weight excluding hydrogens is 703 g/mol. The monoisotopic (exact) mass is 740 g/mol. The smallest absolute Gasteiger partial charge is 0.166 e. The number of nitrogens with zero attached hydrogens (tertiary/aromatic N) is 5. The largest absolute Gasteiger partial charge is 0.309 e. The van der Waals surface area contributed by atoms with E-state index in [4.69, 9.17) is 24.5 Å². The van der Waals surface area contributed by atoms with Gasteiger partial charge in [0, 0.05) is 60.0 Å². The first-order chi connectivity index (χ1) is 30.7. The number of fused-ring (bicyclic) bond motifs is 6. The Kier molecular flexibility index (Phi) is 6.07. The fourth-order valence-corrected chi connectivity index (χ4v) is 8.70. The second kappa shape index (κ2) is 13.2. The maximum Gasteiger partial charge on any atom is 0.166 e. The zero-order valence-corrected chi connectivity index (χ0v) is 30.3. The van der Waals surface area contributed by atoms with Gasteiger partial charge in [0.05, 0.1) is 26.3 Å². The molecule has 0 saturated carbocycles. The van der Waals surface area contributed by atoms with E-state index in [1.165, 1.54) is 26.2 Å². The lowest BCUT2D eigenvalue weighted by Gasteiger charge is -2.15. The number of aromatic nitrogens is 5. The van der Waals surface area contributed by atoms with Gasteiger partial charge in [-0.05, 0) is 64.7 Å². The summed E-state index contributed by atoms with van der Waals surface area (Å²) in [7, 11) is 0. The Morgan fingerprint density at radius 1 is 0.464 bits per heavy atom. The van der Waals surface area contributed by atoms with E-state index < -0.39 is 12.1 Å². The molecule has 262 valence electrons. The molecular formula is C50H31N5S. The van der Waals surface area contributed by atoms with Gasteiger partial charge in [-0.2, -0.15) is 0 Å². The molecule has 0 atom stereocenters. The van der Waals surface area contributed by atoms with E-state index in [0.717, 1.165) is 33.4 Å². The first kappa shape index (κ1) is 25.7. The predicted molar refractivity (Wildman–Crippen MR) is 232 cm³/mol. The minimum Gasteiger partial charge on any atom is -0.309 e. The van der Waals surface area contributed by atoms with Crippen molar-refractivity contribution in [3.63, 3.8) is 0 Å². The van der Waals surface area contributed by atoms with Gasteiger partial charge in [-0.1, -0.05) is 133 Å². The maximum absolute atomic E-state index is 9.14. The summed E-state index contributed by atoms with van der Waals surface area (Å²) >= 11 is 1.76. The molecule has 0 bridgehead atoms. The highest BCUT2D eigenvalue weighted by Gasteiger charge is 2.20. The summed E-state index contributed by atoms with van der Waals surface area (Å²) in [4.78, 5) is 19.6. The Morgan fingerprint density at radius 2 is 1.14 bits per heavy atom. The molecule has 7 aromatic carbocycles. The van der Waals surface area contributed by atoms with Crippen LogP contribution in [-0.2, 0) is 0 Å². The summed E-state index contributed by atoms with van der Waals surface area (Å²) in [5.41, 5.74) is 6.69. The van der Waals surface area contributed by atoms with Gasteiger partial charge < -0.3 is 4.57 Å². The van der Waals surface area contributed by atoms with Crippen LogP contribution < -0.4 is 0 Å². The van der Waals surface area contributed by atoms with Gasteiger partial charge in [-0.3, -0.25) is 4.98 Å². The van der Waals surface area contributed by atoms with E-state index in [1.54, 1.807) is 34.2 Å². The van der Waals surface area contributed by atoms with Crippen molar-refractivity contribution in [1.82, 2.24) is 24.5 Å². The zero-order chi connectivity index (χ0) is 43.1. The third kappa shape index (κ3) is 5.38. The Labute approximate surface area is 336 Å². The van der Waals surface area contributed by atoms with E-state index in [-0.39, 0.29) is 57.8 Å². The molecule has 0 aliphatic rings. The van der Waals surface area contributed by atoms with Crippen molar-refractivity contribution in [2.24, 2.45) is 0 Å². The summed E-state index contributed by atoms with van der Waals surface area (Å²) in [5, 5.41) is 2.57. The van der Waals surface area contributed by atoms with Crippen LogP contribution in [0.4, 0.5) is 0 Å². The third-order valence-electron chi connectivity index (χ3n) is 10.1. The van der Waals surface area contributed by atoms with Crippen LogP contribution in [0.25, 0.3) is 104 Å². The van der Waals surface area contributed by atoms with Crippen LogP contribution in [0.3, 0.4) is 0 Å². The highest BCUT2D eigenvalue weighted by Crippen LogP contribution is 2.41. The number of benzene rings is 7. The molecule has 0 aliphatic heterocycles. The first-order valence-electron chi connectivity index (χ1n) is 21.5. The topological polar surface area (TPSA) is 56.5 Å². The van der Waals surface area contributed by atoms with Gasteiger partial charge in [-0.15, -0.1) is 11.3 Å². The molecule has 5 nitrogen and oxygen atoms in total. The normalized spacial score (nSPS) is 13.3. The molecule has 0 spiro atoms. The molecule has 6 heteroatoms. The van der Waals surface area contributed by atoms with Crippen molar-refractivity contribution in [3.05, 3.63) is 188 Å². The Bertz CT molecular complexity index is 3660. The average molecular weight is 741 g/mol. The molecule has 0 radical (unpaired) electrons. The van der Waals surface area contributed by atoms with Crippen LogP contribution in [0.1, 0.15) is 9.60 Å². The van der Waals surface area contributed by atoms with Crippen molar-refractivity contribution in [2.45, 2.75) is 0 Å². The summed E-state index contributed by atoms with van der Waals surface area (Å²) in [5.74, 6) is 1.09. The Balaban J connectivity index is 1.15. The van der Waals surface area contributed by atoms with E-state index in [2.05, 4.69) is 59.6 Å². The fraction of sp³-hybridized carbons (Fsp3) is 0. The Hall–Kier alpha value is -7.28. The second-order valence-electron chi connectivity index (χ2n) is 13.3. The zero-order valence-electron chi connectivity index (χ0n) is 36.5. The van der Waals surface area contributed by atoms with Crippen LogP contribution in [0.15, 0.2) is 188 Å². The lowest BCUT2D eigenvalue weighted by molar-refractivity contribution is 1.06. The number of hydrogen-bond acceptors (Lipinski definition) is 5. The van der Waals surface area contributed by atoms with Crippen LogP contribution in [-0.4, -0.2) is 24.5 Å². The maximum atomic E-state index is 9.14. The molecule has 0 fully saturated rings. The molecule has 0 aliphatic carbocycles. The minimum absolute atomic E-state index is 0.0644. The van der Waals surface area contributed by atoms with Crippen molar-refractivity contribution < 1.29 is 9.60 Å². The summed E-state index contributed by atoms with van der Waals surface area (Å²) < 4.78 is 65.8. The second-order valence-corrected chi connectivity index (χ2v) is 14.4. The Morgan fingerprint density at radius 3 is 2.04 bits per heavy atom. The van der Waals surface area contributed by atoms with E-state index in [0.29, 0.717) is 22.9 Å². The number of para-hydroxylation sites is 3. The fourth-order valence-electron chi connectivity index (χ4n) is 7.47. The molecule has 0 unspecified atom stereocenters. The standard InChI is InChI=1S/C50H31N5S/c1-5-21-43-38(15-1)39-16-2-6-22-44(39)55(43)45-23-7-3-18-42(45)50-53-48(33-27-25-32(26-28-33)36-14-11-29-51-31-36)52-49(54-50)35-13-9-12-34(30-35)37-19-10-20-41-40-17-4-8-24-46(40)56-47(37)41/h1-31H/i1D,2D,5D,15D,16D,21D,22D. The van der Waals surface area contributed by atoms with Gasteiger partial charge in [0.25, 0.3) is 0 Å². The molecule has 0 amide bonds. The number of hydrogen-bond donors (Lipinski definition) is 0. The van der Waals surface area contributed by atoms with Crippen molar-refractivity contribution in [1.29, 1.82) is 0 Å². The van der Waals surface area contributed by atoms with E-state index in [9.17, 15) is 0 Å². The van der Waals surface area contributed by atoms with Crippen LogP contribution in [0, 0.1) is 0 Å². The lowest BCUT2D eigenvalue weighted by Crippen LogP contribution is -2.03. The lowest BCUT2D eigenvalue weighted by atomic mass is 10.0. The van der Waals surface area contributed by atoms with Crippen LogP contribution >= 0.6 is 11.3 Å². The molecule has 11 aromatic rings. The van der Waals surface area contributed by atoms with Gasteiger partial charge in [0.1, 0.15) is 0 Å². The average Bonchev–Trinajstić information content (AvgIpc) is 3.90. The quantitative estimate of drug-likeness (QED) is 0.170. The minimum atomic E-state index is -0.465. The number of rotatable bonds is 6. The molecule has 0 saturated heterocycles. The highest BCUT2D eigenvalue weighted by atomic mass is 32.1. The molecule has 11 rings (SSSR count). The van der Waals surface area contributed by atoms with Gasteiger partial charge >= 0.3 is 0 Å². The van der Waals surface area contributed by atoms with E-state index >= 15 is 0 Å². The molecule has 0 N–H and O–H groups in total. The molecule has 4 heterocycles. The van der Waals surface area contributed by atoms with Crippen molar-refractivity contribution in [3.8, 4) is 62.1 Å². The summed E-state index contributed by atoms with van der Waals surface area (Å²) in [6.07, 6.45) is 3.54. The van der Waals surface area contributed by atoms with Gasteiger partial charge in [0.2, 0.25) is 0 Å². The van der Waals surface area contributed by atoms with E-state index in [1.807, 2.05) is 66.9 Å². The first-order valence-corrected chi connectivity index (χ1v) is 18.9. The van der Waals surface area contributed by atoms with Gasteiger partial charge in [0.15, 0.2) is 17.5 Å². The van der Waals surface area contributed by atoms with Crippen molar-refractivity contribution >= 4 is 53.3 Å². The third-order valence-corrected chi connectivity index (χ3v) is 11.3.